The minimum Gasteiger partial charge on any atom is -0.392 e. The van der Waals surface area contributed by atoms with Crippen LogP contribution in [0.25, 0.3) is 0 Å². The Bertz CT molecular complexity index is 558. The van der Waals surface area contributed by atoms with Crippen LogP contribution in [0.15, 0.2) is 24.3 Å². The maximum Gasteiger partial charge on any atom is 0.327 e. The number of benzene rings is 1. The van der Waals surface area contributed by atoms with E-state index in [1.54, 1.807) is 24.3 Å². The fourth-order valence-corrected chi connectivity index (χ4v) is 1.92. The molecule has 4 amide bonds. The molecule has 1 aliphatic rings. The van der Waals surface area contributed by atoms with Gasteiger partial charge in [-0.15, -0.1) is 0 Å². The molecule has 0 saturated carbocycles. The molecule has 1 aromatic carbocycles. The van der Waals surface area contributed by atoms with E-state index in [9.17, 15) is 14.4 Å². The molecule has 0 aromatic heterocycles. The molecule has 0 radical (unpaired) electrons. The van der Waals surface area contributed by atoms with Crippen molar-refractivity contribution in [1.82, 2.24) is 9.80 Å². The maximum atomic E-state index is 11.8. The van der Waals surface area contributed by atoms with Gasteiger partial charge in [-0.1, -0.05) is 12.1 Å². The molecule has 0 bridgehead atoms. The zero-order valence-corrected chi connectivity index (χ0v) is 11.0. The van der Waals surface area contributed by atoms with Gasteiger partial charge >= 0.3 is 6.03 Å². The van der Waals surface area contributed by atoms with Crippen molar-refractivity contribution < 1.29 is 19.5 Å². The van der Waals surface area contributed by atoms with Gasteiger partial charge < -0.3 is 15.3 Å². The van der Waals surface area contributed by atoms with Crippen molar-refractivity contribution in [2.75, 3.05) is 25.5 Å². The average molecular weight is 277 g/mol. The van der Waals surface area contributed by atoms with E-state index in [-0.39, 0.29) is 19.7 Å². The highest BCUT2D eigenvalue weighted by atomic mass is 16.3. The molecule has 20 heavy (non-hydrogen) atoms. The number of carbonyl (C=O) groups excluding carboxylic acids is 3. The van der Waals surface area contributed by atoms with E-state index in [0.29, 0.717) is 11.3 Å². The van der Waals surface area contributed by atoms with E-state index < -0.39 is 17.8 Å². The quantitative estimate of drug-likeness (QED) is 0.759. The van der Waals surface area contributed by atoms with Gasteiger partial charge in [-0.05, 0) is 17.7 Å². The first-order valence-corrected chi connectivity index (χ1v) is 6.06. The normalized spacial score (nSPS) is 14.9. The summed E-state index contributed by atoms with van der Waals surface area (Å²) in [5, 5.41) is 11.6. The summed E-state index contributed by atoms with van der Waals surface area (Å²) in [5.41, 5.74) is 1.17. The lowest BCUT2D eigenvalue weighted by molar-refractivity contribution is -0.129. The lowest BCUT2D eigenvalue weighted by Crippen LogP contribution is -2.38. The zero-order chi connectivity index (χ0) is 14.7. The largest absolute Gasteiger partial charge is 0.392 e. The lowest BCUT2D eigenvalue weighted by Gasteiger charge is -2.14. The number of imide groups is 1. The molecule has 2 N–H and O–H groups in total. The van der Waals surface area contributed by atoms with Gasteiger partial charge in [0.05, 0.1) is 6.61 Å². The Morgan fingerprint density at radius 2 is 2.15 bits per heavy atom. The third-order valence-electron chi connectivity index (χ3n) is 2.93. The number of urea groups is 1. The number of hydrogen-bond acceptors (Lipinski definition) is 4. The molecule has 106 valence electrons. The topological polar surface area (TPSA) is 90.0 Å². The molecule has 1 aliphatic heterocycles. The predicted octanol–water partition coefficient (Wildman–Crippen LogP) is 0.0114. The molecular weight excluding hydrogens is 262 g/mol. The molecular formula is C13H15N3O4. The molecule has 0 atom stereocenters. The lowest BCUT2D eigenvalue weighted by atomic mass is 10.2. The van der Waals surface area contributed by atoms with Gasteiger partial charge in [0.1, 0.15) is 13.1 Å². The Labute approximate surface area is 115 Å². The molecule has 1 fully saturated rings. The molecule has 0 spiro atoms. The van der Waals surface area contributed by atoms with E-state index >= 15 is 0 Å². The van der Waals surface area contributed by atoms with Crippen LogP contribution in [-0.2, 0) is 16.2 Å². The molecule has 0 unspecified atom stereocenters. The number of anilines is 1. The zero-order valence-electron chi connectivity index (χ0n) is 11.0. The highest BCUT2D eigenvalue weighted by molar-refractivity contribution is 6.06. The fraction of sp³-hybridized carbons (Fsp3) is 0.308. The van der Waals surface area contributed by atoms with Crippen LogP contribution in [0.5, 0.6) is 0 Å². The number of hydrogen-bond donors (Lipinski definition) is 2. The van der Waals surface area contributed by atoms with Gasteiger partial charge in [0, 0.05) is 12.7 Å². The van der Waals surface area contributed by atoms with Gasteiger partial charge in [-0.2, -0.15) is 0 Å². The Morgan fingerprint density at radius 1 is 1.40 bits per heavy atom. The number of aliphatic hydroxyl groups is 1. The average Bonchev–Trinajstić information content (AvgIpc) is 2.65. The van der Waals surface area contributed by atoms with E-state index in [2.05, 4.69) is 5.32 Å². The van der Waals surface area contributed by atoms with Crippen molar-refractivity contribution in [3.8, 4) is 0 Å². The molecule has 1 saturated heterocycles. The Hall–Kier alpha value is -2.41. The second-order valence-electron chi connectivity index (χ2n) is 4.53. The maximum absolute atomic E-state index is 11.8. The smallest absolute Gasteiger partial charge is 0.327 e. The second-order valence-corrected chi connectivity index (χ2v) is 4.53. The monoisotopic (exact) mass is 277 g/mol. The van der Waals surface area contributed by atoms with Crippen LogP contribution in [-0.4, -0.2) is 52.9 Å². The van der Waals surface area contributed by atoms with Crippen molar-refractivity contribution in [3.05, 3.63) is 29.8 Å². The van der Waals surface area contributed by atoms with E-state index in [0.717, 1.165) is 4.90 Å². The van der Waals surface area contributed by atoms with Crippen LogP contribution in [0.4, 0.5) is 10.5 Å². The number of amides is 4. The molecule has 1 aromatic rings. The number of aliphatic hydroxyl groups excluding tert-OH is 1. The van der Waals surface area contributed by atoms with Crippen LogP contribution < -0.4 is 5.32 Å². The van der Waals surface area contributed by atoms with Crippen LogP contribution in [0.2, 0.25) is 0 Å². The summed E-state index contributed by atoms with van der Waals surface area (Å²) in [6.07, 6.45) is 0. The summed E-state index contributed by atoms with van der Waals surface area (Å²) in [7, 11) is 1.50. The van der Waals surface area contributed by atoms with Crippen LogP contribution in [0.3, 0.4) is 0 Å². The minimum absolute atomic E-state index is 0.00783. The van der Waals surface area contributed by atoms with E-state index in [4.69, 9.17) is 5.11 Å². The number of likely N-dealkylation sites (N-methyl/N-ethyl adjacent to an activating group) is 1. The van der Waals surface area contributed by atoms with Gasteiger partial charge in [-0.25, -0.2) is 4.79 Å². The summed E-state index contributed by atoms with van der Waals surface area (Å²) in [5.74, 6) is -0.853. The van der Waals surface area contributed by atoms with Gasteiger partial charge in [0.25, 0.3) is 5.91 Å². The molecule has 7 nitrogen and oxygen atoms in total. The SMILES string of the molecule is CN1CC(=O)N(CC(=O)Nc2cccc(CO)c2)C1=O. The Kier molecular flexibility index (Phi) is 3.99. The van der Waals surface area contributed by atoms with Gasteiger partial charge in [0.2, 0.25) is 5.91 Å². The minimum atomic E-state index is -0.478. The summed E-state index contributed by atoms with van der Waals surface area (Å²) < 4.78 is 0. The number of rotatable bonds is 4. The third-order valence-corrected chi connectivity index (χ3v) is 2.93. The number of nitrogens with one attached hydrogen (secondary N) is 1. The van der Waals surface area contributed by atoms with Gasteiger partial charge in [0.15, 0.2) is 0 Å². The number of carbonyl (C=O) groups is 3. The summed E-state index contributed by atoms with van der Waals surface area (Å²) in [6.45, 7) is -0.449. The van der Waals surface area contributed by atoms with Crippen molar-refractivity contribution in [2.24, 2.45) is 0 Å². The summed E-state index contributed by atoms with van der Waals surface area (Å²) >= 11 is 0. The van der Waals surface area contributed by atoms with Crippen LogP contribution in [0, 0.1) is 0 Å². The van der Waals surface area contributed by atoms with Crippen LogP contribution >= 0.6 is 0 Å². The van der Waals surface area contributed by atoms with E-state index in [1.807, 2.05) is 0 Å². The standard InChI is InChI=1S/C13H15N3O4/c1-15-7-12(19)16(13(15)20)6-11(18)14-10-4-2-3-9(5-10)8-17/h2-5,17H,6-8H2,1H3,(H,14,18). The third kappa shape index (κ3) is 2.94. The Balaban J connectivity index is 1.99. The molecule has 1 heterocycles. The van der Waals surface area contributed by atoms with Gasteiger partial charge in [-0.3, -0.25) is 14.5 Å². The fourth-order valence-electron chi connectivity index (χ4n) is 1.92. The van der Waals surface area contributed by atoms with Crippen molar-refractivity contribution >= 4 is 23.5 Å². The molecule has 0 aliphatic carbocycles. The second kappa shape index (κ2) is 5.70. The van der Waals surface area contributed by atoms with Crippen molar-refractivity contribution in [3.63, 3.8) is 0 Å². The summed E-state index contributed by atoms with van der Waals surface area (Å²) in [6, 6.07) is 6.22. The van der Waals surface area contributed by atoms with Crippen LogP contribution in [0.1, 0.15) is 5.56 Å². The molecule has 2 rings (SSSR count). The first-order valence-electron chi connectivity index (χ1n) is 6.06. The first-order chi connectivity index (χ1) is 9.51. The predicted molar refractivity (Wildman–Crippen MR) is 70.7 cm³/mol. The Morgan fingerprint density at radius 3 is 2.75 bits per heavy atom. The van der Waals surface area contributed by atoms with Crippen molar-refractivity contribution in [1.29, 1.82) is 0 Å². The highest BCUT2D eigenvalue weighted by Gasteiger charge is 2.34. The first kappa shape index (κ1) is 14.0. The van der Waals surface area contributed by atoms with Crippen molar-refractivity contribution in [2.45, 2.75) is 6.61 Å². The van der Waals surface area contributed by atoms with E-state index in [1.165, 1.54) is 11.9 Å². The highest BCUT2D eigenvalue weighted by Crippen LogP contribution is 2.12. The molecule has 7 heteroatoms. The number of nitrogens with zero attached hydrogens (tertiary/aromatic N) is 2. The summed E-state index contributed by atoms with van der Waals surface area (Å²) in [4.78, 5) is 37.1.